The standard InChI is InChI=1S/C22H22N4O2S/c1-14-6-7-18-16(12-14)17(13-23-18)20(22(27)28)25-8-10-26(11-9-25)21-15-4-2-3-5-19(15)29-24-21/h2-7,12-13,20,23H,8-11H2,1H3,(H,27,28). The topological polar surface area (TPSA) is 72.5 Å². The summed E-state index contributed by atoms with van der Waals surface area (Å²) >= 11 is 1.52. The van der Waals surface area contributed by atoms with E-state index in [-0.39, 0.29) is 0 Å². The third kappa shape index (κ3) is 3.16. The molecule has 1 atom stereocenters. The molecule has 4 aromatic rings. The van der Waals surface area contributed by atoms with Crippen molar-refractivity contribution in [2.45, 2.75) is 13.0 Å². The number of piperazine rings is 1. The zero-order chi connectivity index (χ0) is 20.0. The Morgan fingerprint density at radius 2 is 1.93 bits per heavy atom. The average molecular weight is 407 g/mol. The zero-order valence-corrected chi connectivity index (χ0v) is 16.9. The molecule has 0 bridgehead atoms. The van der Waals surface area contributed by atoms with E-state index >= 15 is 0 Å². The predicted molar refractivity (Wildman–Crippen MR) is 117 cm³/mol. The number of hydrogen-bond donors (Lipinski definition) is 2. The van der Waals surface area contributed by atoms with Crippen LogP contribution >= 0.6 is 11.5 Å². The molecule has 0 amide bonds. The maximum absolute atomic E-state index is 12.2. The van der Waals surface area contributed by atoms with E-state index in [1.165, 1.54) is 21.6 Å². The van der Waals surface area contributed by atoms with Crippen LogP contribution in [0.1, 0.15) is 17.2 Å². The minimum absolute atomic E-state index is 0.653. The third-order valence-electron chi connectivity index (χ3n) is 5.74. The number of aliphatic carboxylic acids is 1. The fourth-order valence-electron chi connectivity index (χ4n) is 4.26. The van der Waals surface area contributed by atoms with Gasteiger partial charge in [-0.25, -0.2) is 0 Å². The molecule has 1 aliphatic heterocycles. The molecule has 0 aliphatic carbocycles. The van der Waals surface area contributed by atoms with Crippen LogP contribution in [0.3, 0.4) is 0 Å². The summed E-state index contributed by atoms with van der Waals surface area (Å²) in [6.45, 7) is 4.92. The van der Waals surface area contributed by atoms with Crippen molar-refractivity contribution < 1.29 is 9.90 Å². The van der Waals surface area contributed by atoms with Gasteiger partial charge in [0, 0.05) is 54.2 Å². The van der Waals surface area contributed by atoms with Gasteiger partial charge in [0.1, 0.15) is 11.9 Å². The van der Waals surface area contributed by atoms with Gasteiger partial charge < -0.3 is 15.0 Å². The molecule has 0 spiro atoms. The Bertz CT molecular complexity index is 1190. The fraction of sp³-hybridized carbons (Fsp3) is 0.273. The maximum Gasteiger partial charge on any atom is 0.325 e. The second-order valence-corrected chi connectivity index (χ2v) is 8.36. The highest BCUT2D eigenvalue weighted by atomic mass is 32.1. The summed E-state index contributed by atoms with van der Waals surface area (Å²) in [6.07, 6.45) is 1.85. The van der Waals surface area contributed by atoms with E-state index in [4.69, 9.17) is 0 Å². The molecule has 0 saturated carbocycles. The highest BCUT2D eigenvalue weighted by Gasteiger charge is 2.32. The molecule has 1 saturated heterocycles. The van der Waals surface area contributed by atoms with E-state index in [2.05, 4.69) is 37.4 Å². The third-order valence-corrected chi connectivity index (χ3v) is 6.55. The molecule has 6 nitrogen and oxygen atoms in total. The van der Waals surface area contributed by atoms with Gasteiger partial charge in [-0.2, -0.15) is 4.37 Å². The van der Waals surface area contributed by atoms with Gasteiger partial charge in [0.2, 0.25) is 0 Å². The van der Waals surface area contributed by atoms with Gasteiger partial charge in [-0.15, -0.1) is 0 Å². The first-order chi connectivity index (χ1) is 14.1. The van der Waals surface area contributed by atoms with Crippen LogP contribution in [0.5, 0.6) is 0 Å². The van der Waals surface area contributed by atoms with Crippen molar-refractivity contribution in [3.05, 3.63) is 59.8 Å². The largest absolute Gasteiger partial charge is 0.480 e. The van der Waals surface area contributed by atoms with Crippen LogP contribution in [0.2, 0.25) is 0 Å². The number of rotatable bonds is 4. The normalized spacial score (nSPS) is 16.5. The Labute approximate surface area is 172 Å². The molecule has 1 unspecified atom stereocenters. The van der Waals surface area contributed by atoms with Gasteiger partial charge in [-0.3, -0.25) is 9.69 Å². The number of H-pyrrole nitrogens is 1. The number of hydrogen-bond acceptors (Lipinski definition) is 5. The number of aromatic nitrogens is 2. The van der Waals surface area contributed by atoms with Crippen LogP contribution in [0.4, 0.5) is 5.82 Å². The highest BCUT2D eigenvalue weighted by Crippen LogP contribution is 2.33. The van der Waals surface area contributed by atoms with Crippen molar-refractivity contribution in [3.8, 4) is 0 Å². The van der Waals surface area contributed by atoms with Crippen molar-refractivity contribution in [1.29, 1.82) is 0 Å². The number of benzene rings is 2. The first-order valence-corrected chi connectivity index (χ1v) is 10.5. The Kier molecular flexibility index (Phi) is 4.49. The van der Waals surface area contributed by atoms with Gasteiger partial charge in [0.25, 0.3) is 0 Å². The predicted octanol–water partition coefficient (Wildman–Crippen LogP) is 4.03. The number of fused-ring (bicyclic) bond motifs is 2. The molecule has 1 fully saturated rings. The van der Waals surface area contributed by atoms with Gasteiger partial charge in [0.15, 0.2) is 0 Å². The minimum Gasteiger partial charge on any atom is -0.480 e. The molecule has 1 aliphatic rings. The molecule has 2 aromatic heterocycles. The quantitative estimate of drug-likeness (QED) is 0.535. The lowest BCUT2D eigenvalue weighted by Gasteiger charge is -2.38. The van der Waals surface area contributed by atoms with E-state index in [9.17, 15) is 9.90 Å². The van der Waals surface area contributed by atoms with Crippen molar-refractivity contribution in [2.24, 2.45) is 0 Å². The first-order valence-electron chi connectivity index (χ1n) is 9.75. The van der Waals surface area contributed by atoms with E-state index in [0.717, 1.165) is 40.9 Å². The molecule has 5 rings (SSSR count). The smallest absolute Gasteiger partial charge is 0.325 e. The first kappa shape index (κ1) is 18.1. The Morgan fingerprint density at radius 3 is 2.72 bits per heavy atom. The maximum atomic E-state index is 12.2. The molecule has 2 N–H and O–H groups in total. The molecule has 148 valence electrons. The summed E-state index contributed by atoms with van der Waals surface area (Å²) in [7, 11) is 0. The summed E-state index contributed by atoms with van der Waals surface area (Å²) in [5.41, 5.74) is 2.94. The summed E-state index contributed by atoms with van der Waals surface area (Å²) < 4.78 is 5.84. The van der Waals surface area contributed by atoms with Crippen molar-refractivity contribution in [1.82, 2.24) is 14.3 Å². The number of nitrogens with one attached hydrogen (secondary N) is 1. The minimum atomic E-state index is -0.806. The van der Waals surface area contributed by atoms with Crippen LogP contribution in [0.25, 0.3) is 21.0 Å². The lowest BCUT2D eigenvalue weighted by atomic mass is 10.0. The number of carboxylic acids is 1. The summed E-state index contributed by atoms with van der Waals surface area (Å²) in [5.74, 6) is 0.208. The number of carboxylic acid groups (broad SMARTS) is 1. The monoisotopic (exact) mass is 406 g/mol. The van der Waals surface area contributed by atoms with Crippen LogP contribution in [0, 0.1) is 6.92 Å². The summed E-state index contributed by atoms with van der Waals surface area (Å²) in [4.78, 5) is 19.8. The van der Waals surface area contributed by atoms with E-state index < -0.39 is 12.0 Å². The number of nitrogens with zero attached hydrogens (tertiary/aromatic N) is 3. The number of carbonyl (C=O) groups is 1. The second kappa shape index (κ2) is 7.17. The molecule has 2 aromatic carbocycles. The van der Waals surface area contributed by atoms with E-state index in [0.29, 0.717) is 13.1 Å². The number of aryl methyl sites for hydroxylation is 1. The van der Waals surface area contributed by atoms with Crippen molar-refractivity contribution in [2.75, 3.05) is 31.1 Å². The van der Waals surface area contributed by atoms with Crippen LogP contribution < -0.4 is 4.90 Å². The SMILES string of the molecule is Cc1ccc2[nH]cc(C(C(=O)O)N3CCN(c4nsc5ccccc45)CC3)c2c1. The molecule has 29 heavy (non-hydrogen) atoms. The highest BCUT2D eigenvalue weighted by molar-refractivity contribution is 7.13. The second-order valence-electron chi connectivity index (χ2n) is 7.56. The van der Waals surface area contributed by atoms with Crippen LogP contribution in [-0.2, 0) is 4.79 Å². The Balaban J connectivity index is 1.40. The Morgan fingerprint density at radius 1 is 1.14 bits per heavy atom. The van der Waals surface area contributed by atoms with E-state index in [1.54, 1.807) is 0 Å². The fourth-order valence-corrected chi connectivity index (χ4v) is 5.06. The summed E-state index contributed by atoms with van der Waals surface area (Å²) in [5, 5.41) is 12.2. The molecule has 3 heterocycles. The van der Waals surface area contributed by atoms with Gasteiger partial charge in [-0.05, 0) is 42.7 Å². The van der Waals surface area contributed by atoms with E-state index in [1.807, 2.05) is 37.4 Å². The Hall–Kier alpha value is -2.90. The molecular weight excluding hydrogens is 384 g/mol. The molecule has 7 heteroatoms. The van der Waals surface area contributed by atoms with Crippen LogP contribution in [0.15, 0.2) is 48.7 Å². The lowest BCUT2D eigenvalue weighted by molar-refractivity contribution is -0.143. The number of aromatic amines is 1. The number of anilines is 1. The lowest BCUT2D eigenvalue weighted by Crippen LogP contribution is -2.49. The van der Waals surface area contributed by atoms with Gasteiger partial charge in [0.05, 0.1) is 4.70 Å². The van der Waals surface area contributed by atoms with Gasteiger partial charge in [-0.1, -0.05) is 23.8 Å². The van der Waals surface area contributed by atoms with Crippen molar-refractivity contribution in [3.63, 3.8) is 0 Å². The van der Waals surface area contributed by atoms with Gasteiger partial charge >= 0.3 is 5.97 Å². The summed E-state index contributed by atoms with van der Waals surface area (Å²) in [6, 6.07) is 13.7. The van der Waals surface area contributed by atoms with Crippen molar-refractivity contribution >= 4 is 44.3 Å². The zero-order valence-electron chi connectivity index (χ0n) is 16.1. The molecule has 0 radical (unpaired) electrons. The molecular formula is C22H22N4O2S. The van der Waals surface area contributed by atoms with Crippen LogP contribution in [-0.4, -0.2) is 51.5 Å². The average Bonchev–Trinajstić information content (AvgIpc) is 3.33.